The quantitative estimate of drug-likeness (QED) is 0.729. The van der Waals surface area contributed by atoms with Crippen LogP contribution in [0.5, 0.6) is 0 Å². The highest BCUT2D eigenvalue weighted by Crippen LogP contribution is 2.15. The summed E-state index contributed by atoms with van der Waals surface area (Å²) in [4.78, 5) is 22.3. The molecule has 1 aromatic carbocycles. The summed E-state index contributed by atoms with van der Waals surface area (Å²) >= 11 is 0. The number of H-pyrrole nitrogens is 1. The zero-order valence-electron chi connectivity index (χ0n) is 9.52. The third-order valence-corrected chi connectivity index (χ3v) is 2.64. The van der Waals surface area contributed by atoms with E-state index in [1.807, 2.05) is 0 Å². The summed E-state index contributed by atoms with van der Waals surface area (Å²) in [5.74, 6) is -0.773. The highest BCUT2D eigenvalue weighted by molar-refractivity contribution is 5.79. The highest BCUT2D eigenvalue weighted by atomic mass is 19.1. The molecule has 0 atom stereocenters. The van der Waals surface area contributed by atoms with Crippen LogP contribution in [0.15, 0.2) is 41.3 Å². The SMILES string of the molecule is O=c1[nH]c(-c2ccc(F)cn2)nc2ccc(F)cc12. The van der Waals surface area contributed by atoms with Crippen LogP contribution < -0.4 is 5.56 Å². The summed E-state index contributed by atoms with van der Waals surface area (Å²) in [6.45, 7) is 0. The Balaban J connectivity index is 2.24. The zero-order valence-corrected chi connectivity index (χ0v) is 9.52. The molecule has 3 aromatic rings. The third kappa shape index (κ3) is 2.08. The van der Waals surface area contributed by atoms with Crippen molar-refractivity contribution in [2.45, 2.75) is 0 Å². The van der Waals surface area contributed by atoms with Crippen molar-refractivity contribution in [1.82, 2.24) is 15.0 Å². The smallest absolute Gasteiger partial charge is 0.259 e. The number of nitrogens with zero attached hydrogens (tertiary/aromatic N) is 2. The van der Waals surface area contributed by atoms with Gasteiger partial charge < -0.3 is 4.98 Å². The van der Waals surface area contributed by atoms with Crippen LogP contribution in [0.25, 0.3) is 22.4 Å². The van der Waals surface area contributed by atoms with Crippen molar-refractivity contribution >= 4 is 10.9 Å². The lowest BCUT2D eigenvalue weighted by Crippen LogP contribution is -2.10. The number of aromatic nitrogens is 3. The second-order valence-corrected chi connectivity index (χ2v) is 3.94. The topological polar surface area (TPSA) is 58.6 Å². The molecule has 0 aliphatic rings. The van der Waals surface area contributed by atoms with E-state index < -0.39 is 17.2 Å². The fourth-order valence-electron chi connectivity index (χ4n) is 1.75. The Bertz CT molecular complexity index is 812. The number of halogens is 2. The predicted octanol–water partition coefficient (Wildman–Crippen LogP) is 2.26. The van der Waals surface area contributed by atoms with E-state index in [1.165, 1.54) is 24.3 Å². The Morgan fingerprint density at radius 3 is 2.58 bits per heavy atom. The molecular formula is C13H7F2N3O. The van der Waals surface area contributed by atoms with E-state index in [2.05, 4.69) is 15.0 Å². The highest BCUT2D eigenvalue weighted by Gasteiger charge is 2.07. The van der Waals surface area contributed by atoms with Crippen molar-refractivity contribution in [3.63, 3.8) is 0 Å². The standard InChI is InChI=1S/C13H7F2N3O/c14-7-1-3-10-9(5-7)13(19)18-12(17-10)11-4-2-8(15)6-16-11/h1-6H,(H,17,18,19). The number of hydrogen-bond acceptors (Lipinski definition) is 3. The molecule has 0 amide bonds. The maximum Gasteiger partial charge on any atom is 0.259 e. The molecule has 2 heterocycles. The lowest BCUT2D eigenvalue weighted by Gasteiger charge is -2.02. The van der Waals surface area contributed by atoms with Gasteiger partial charge in [-0.05, 0) is 30.3 Å². The Morgan fingerprint density at radius 2 is 1.84 bits per heavy atom. The van der Waals surface area contributed by atoms with Gasteiger partial charge in [-0.3, -0.25) is 4.79 Å². The fourth-order valence-corrected chi connectivity index (χ4v) is 1.75. The second kappa shape index (κ2) is 4.24. The first kappa shape index (κ1) is 11.5. The van der Waals surface area contributed by atoms with Crippen molar-refractivity contribution in [2.75, 3.05) is 0 Å². The lowest BCUT2D eigenvalue weighted by molar-refractivity contribution is 0.621. The molecular weight excluding hydrogens is 252 g/mol. The number of hydrogen-bond donors (Lipinski definition) is 1. The molecule has 0 bridgehead atoms. The molecule has 3 rings (SSSR count). The minimum Gasteiger partial charge on any atom is -0.305 e. The lowest BCUT2D eigenvalue weighted by atomic mass is 10.2. The Hall–Kier alpha value is -2.63. The van der Waals surface area contributed by atoms with Crippen molar-refractivity contribution in [3.05, 3.63) is 58.5 Å². The summed E-state index contributed by atoms with van der Waals surface area (Å²) in [6, 6.07) is 6.37. The minimum absolute atomic E-state index is 0.158. The molecule has 94 valence electrons. The number of benzene rings is 1. The molecule has 0 radical (unpaired) electrons. The summed E-state index contributed by atoms with van der Waals surface area (Å²) in [5.41, 5.74) is 0.224. The summed E-state index contributed by atoms with van der Waals surface area (Å²) in [6.07, 6.45) is 1.03. The average molecular weight is 259 g/mol. The number of pyridine rings is 1. The largest absolute Gasteiger partial charge is 0.305 e. The molecule has 6 heteroatoms. The van der Waals surface area contributed by atoms with Crippen LogP contribution in [0.2, 0.25) is 0 Å². The Labute approximate surface area is 105 Å². The van der Waals surface area contributed by atoms with Gasteiger partial charge in [-0.25, -0.2) is 18.7 Å². The first-order chi connectivity index (χ1) is 9.13. The monoisotopic (exact) mass is 259 g/mol. The molecule has 1 N–H and O–H groups in total. The van der Waals surface area contributed by atoms with Gasteiger partial charge in [-0.1, -0.05) is 0 Å². The molecule has 0 spiro atoms. The van der Waals surface area contributed by atoms with Crippen molar-refractivity contribution in [1.29, 1.82) is 0 Å². The van der Waals surface area contributed by atoms with Crippen LogP contribution in [0.1, 0.15) is 0 Å². The van der Waals surface area contributed by atoms with E-state index in [4.69, 9.17) is 0 Å². The Morgan fingerprint density at radius 1 is 1.05 bits per heavy atom. The van der Waals surface area contributed by atoms with Gasteiger partial charge in [-0.2, -0.15) is 0 Å². The van der Waals surface area contributed by atoms with Crippen LogP contribution in [-0.4, -0.2) is 15.0 Å². The maximum atomic E-state index is 13.0. The number of aromatic amines is 1. The molecule has 0 fully saturated rings. The van der Waals surface area contributed by atoms with Crippen molar-refractivity contribution in [3.8, 4) is 11.5 Å². The molecule has 0 saturated carbocycles. The molecule has 0 aliphatic heterocycles. The number of nitrogens with one attached hydrogen (secondary N) is 1. The number of rotatable bonds is 1. The summed E-state index contributed by atoms with van der Waals surface area (Å²) in [7, 11) is 0. The zero-order chi connectivity index (χ0) is 13.4. The summed E-state index contributed by atoms with van der Waals surface area (Å²) < 4.78 is 25.8. The van der Waals surface area contributed by atoms with Gasteiger partial charge in [0.25, 0.3) is 5.56 Å². The third-order valence-electron chi connectivity index (χ3n) is 2.64. The van der Waals surface area contributed by atoms with E-state index in [0.29, 0.717) is 11.2 Å². The maximum absolute atomic E-state index is 13.0. The first-order valence-corrected chi connectivity index (χ1v) is 5.45. The normalized spacial score (nSPS) is 10.8. The predicted molar refractivity (Wildman–Crippen MR) is 65.5 cm³/mol. The first-order valence-electron chi connectivity index (χ1n) is 5.45. The van der Waals surface area contributed by atoms with Gasteiger partial charge in [0.2, 0.25) is 0 Å². The van der Waals surface area contributed by atoms with Crippen LogP contribution in [0.3, 0.4) is 0 Å². The molecule has 19 heavy (non-hydrogen) atoms. The van der Waals surface area contributed by atoms with E-state index in [-0.39, 0.29) is 11.2 Å². The molecule has 0 unspecified atom stereocenters. The minimum atomic E-state index is -0.507. The van der Waals surface area contributed by atoms with Crippen LogP contribution in [0, 0.1) is 11.6 Å². The van der Waals surface area contributed by atoms with Gasteiger partial charge in [-0.15, -0.1) is 0 Å². The van der Waals surface area contributed by atoms with Crippen LogP contribution in [-0.2, 0) is 0 Å². The van der Waals surface area contributed by atoms with Gasteiger partial charge >= 0.3 is 0 Å². The second-order valence-electron chi connectivity index (χ2n) is 3.94. The molecule has 4 nitrogen and oxygen atoms in total. The van der Waals surface area contributed by atoms with Crippen molar-refractivity contribution in [2.24, 2.45) is 0 Å². The molecule has 2 aromatic heterocycles. The van der Waals surface area contributed by atoms with Crippen LogP contribution >= 0.6 is 0 Å². The van der Waals surface area contributed by atoms with Gasteiger partial charge in [0, 0.05) is 0 Å². The van der Waals surface area contributed by atoms with E-state index in [9.17, 15) is 13.6 Å². The van der Waals surface area contributed by atoms with Gasteiger partial charge in [0.15, 0.2) is 5.82 Å². The van der Waals surface area contributed by atoms with Gasteiger partial charge in [0.1, 0.15) is 17.3 Å². The van der Waals surface area contributed by atoms with Gasteiger partial charge in [0.05, 0.1) is 17.1 Å². The summed E-state index contributed by atoms with van der Waals surface area (Å²) in [5, 5.41) is 0.158. The van der Waals surface area contributed by atoms with E-state index in [0.717, 1.165) is 12.3 Å². The fraction of sp³-hybridized carbons (Fsp3) is 0. The Kier molecular flexibility index (Phi) is 2.56. The van der Waals surface area contributed by atoms with Crippen molar-refractivity contribution < 1.29 is 8.78 Å². The molecule has 0 saturated heterocycles. The van der Waals surface area contributed by atoms with Crippen LogP contribution in [0.4, 0.5) is 8.78 Å². The van der Waals surface area contributed by atoms with E-state index in [1.54, 1.807) is 0 Å². The molecule has 0 aliphatic carbocycles. The van der Waals surface area contributed by atoms with E-state index >= 15 is 0 Å². The average Bonchev–Trinajstić information content (AvgIpc) is 2.40. The number of fused-ring (bicyclic) bond motifs is 1.